The fourth-order valence-electron chi connectivity index (χ4n) is 1.59. The molecule has 0 bridgehead atoms. The van der Waals surface area contributed by atoms with E-state index in [1.165, 1.54) is 0 Å². The summed E-state index contributed by atoms with van der Waals surface area (Å²) < 4.78 is 5.27. The van der Waals surface area contributed by atoms with Crippen molar-refractivity contribution in [3.8, 4) is 5.75 Å². The van der Waals surface area contributed by atoms with Gasteiger partial charge in [-0.05, 0) is 19.4 Å². The van der Waals surface area contributed by atoms with Crippen LogP contribution in [-0.4, -0.2) is 17.8 Å². The molecule has 0 spiro atoms. The summed E-state index contributed by atoms with van der Waals surface area (Å²) in [5, 5.41) is 2.96. The number of methoxy groups -OCH3 is 1. The van der Waals surface area contributed by atoms with Crippen molar-refractivity contribution in [1.82, 2.24) is 5.32 Å². The molecule has 0 aliphatic rings. The zero-order valence-corrected chi connectivity index (χ0v) is 12.0. The van der Waals surface area contributed by atoms with Crippen molar-refractivity contribution in [3.05, 3.63) is 29.8 Å². The van der Waals surface area contributed by atoms with E-state index in [1.54, 1.807) is 7.11 Å². The van der Waals surface area contributed by atoms with Gasteiger partial charge in [-0.15, -0.1) is 0 Å². The smallest absolute Gasteiger partial charge is 0.234 e. The van der Waals surface area contributed by atoms with E-state index in [0.29, 0.717) is 0 Å². The fraction of sp³-hybridized carbons (Fsp3) is 0.462. The maximum absolute atomic E-state index is 11.8. The molecule has 0 heterocycles. The molecule has 0 aromatic heterocycles. The summed E-state index contributed by atoms with van der Waals surface area (Å²) in [7, 11) is 1.63. The van der Waals surface area contributed by atoms with E-state index in [4.69, 9.17) is 4.74 Å². The molecular formula is C13H18BrNO2. The lowest BCUT2D eigenvalue weighted by atomic mass is 10.1. The van der Waals surface area contributed by atoms with E-state index in [0.717, 1.165) is 17.7 Å². The average Bonchev–Trinajstić information content (AvgIpc) is 2.37. The summed E-state index contributed by atoms with van der Waals surface area (Å²) in [6.45, 7) is 3.91. The number of alkyl halides is 1. The van der Waals surface area contributed by atoms with Crippen LogP contribution in [0.15, 0.2) is 24.3 Å². The molecule has 1 amide bonds. The zero-order valence-electron chi connectivity index (χ0n) is 10.4. The predicted octanol–water partition coefficient (Wildman–Crippen LogP) is 3.05. The monoisotopic (exact) mass is 299 g/mol. The van der Waals surface area contributed by atoms with Gasteiger partial charge in [0.05, 0.1) is 18.0 Å². The summed E-state index contributed by atoms with van der Waals surface area (Å²) in [6, 6.07) is 7.63. The van der Waals surface area contributed by atoms with Crippen molar-refractivity contribution >= 4 is 21.8 Å². The van der Waals surface area contributed by atoms with Crippen molar-refractivity contribution in [2.45, 2.75) is 31.1 Å². The zero-order chi connectivity index (χ0) is 12.8. The number of hydrogen-bond acceptors (Lipinski definition) is 2. The first-order chi connectivity index (χ1) is 8.10. The Morgan fingerprint density at radius 1 is 1.47 bits per heavy atom. The lowest BCUT2D eigenvalue weighted by Gasteiger charge is -2.18. The average molecular weight is 300 g/mol. The van der Waals surface area contributed by atoms with Gasteiger partial charge in [0.2, 0.25) is 5.91 Å². The van der Waals surface area contributed by atoms with E-state index < -0.39 is 0 Å². The van der Waals surface area contributed by atoms with Gasteiger partial charge < -0.3 is 10.1 Å². The maximum atomic E-state index is 11.8. The minimum atomic E-state index is -0.139. The van der Waals surface area contributed by atoms with Crippen LogP contribution in [0, 0.1) is 0 Å². The lowest BCUT2D eigenvalue weighted by Crippen LogP contribution is -2.33. The molecule has 94 valence electrons. The molecule has 17 heavy (non-hydrogen) atoms. The topological polar surface area (TPSA) is 38.3 Å². The Bertz CT molecular complexity index is 381. The summed E-state index contributed by atoms with van der Waals surface area (Å²) in [5.74, 6) is 0.800. The normalized spacial score (nSPS) is 13.9. The van der Waals surface area contributed by atoms with E-state index in [1.807, 2.05) is 38.1 Å². The number of amides is 1. The van der Waals surface area contributed by atoms with E-state index in [2.05, 4.69) is 21.2 Å². The molecule has 0 aliphatic carbocycles. The quantitative estimate of drug-likeness (QED) is 0.849. The molecule has 1 N–H and O–H groups in total. The first-order valence-electron chi connectivity index (χ1n) is 5.67. The Morgan fingerprint density at radius 2 is 2.12 bits per heavy atom. The maximum Gasteiger partial charge on any atom is 0.234 e. The van der Waals surface area contributed by atoms with Crippen LogP contribution in [0.2, 0.25) is 0 Å². The largest absolute Gasteiger partial charge is 0.496 e. The molecular weight excluding hydrogens is 282 g/mol. The number of para-hydroxylation sites is 1. The van der Waals surface area contributed by atoms with Crippen LogP contribution in [-0.2, 0) is 4.79 Å². The van der Waals surface area contributed by atoms with Crippen LogP contribution in [0.5, 0.6) is 5.75 Å². The Labute approximate surface area is 111 Å². The SMILES string of the molecule is CCC(Br)C(=O)NC(C)c1ccccc1OC. The van der Waals surface area contributed by atoms with Crippen LogP contribution in [0.25, 0.3) is 0 Å². The minimum Gasteiger partial charge on any atom is -0.496 e. The van der Waals surface area contributed by atoms with Gasteiger partial charge in [-0.25, -0.2) is 0 Å². The molecule has 1 rings (SSSR count). The molecule has 2 unspecified atom stereocenters. The van der Waals surface area contributed by atoms with Crippen LogP contribution in [0.4, 0.5) is 0 Å². The van der Waals surface area contributed by atoms with Gasteiger partial charge in [-0.2, -0.15) is 0 Å². The summed E-state index contributed by atoms with van der Waals surface area (Å²) in [6.07, 6.45) is 0.768. The second kappa shape index (κ2) is 6.64. The molecule has 4 heteroatoms. The number of ether oxygens (including phenoxy) is 1. The van der Waals surface area contributed by atoms with E-state index in [9.17, 15) is 4.79 Å². The van der Waals surface area contributed by atoms with Gasteiger partial charge in [0.25, 0.3) is 0 Å². The Morgan fingerprint density at radius 3 is 2.71 bits per heavy atom. The predicted molar refractivity (Wildman–Crippen MR) is 72.6 cm³/mol. The Hall–Kier alpha value is -1.03. The fourth-order valence-corrected chi connectivity index (χ4v) is 1.72. The van der Waals surface area contributed by atoms with Crippen LogP contribution in [0.1, 0.15) is 31.9 Å². The second-order valence-corrected chi connectivity index (χ2v) is 4.95. The second-order valence-electron chi connectivity index (χ2n) is 3.85. The van der Waals surface area contributed by atoms with Gasteiger partial charge in [0.15, 0.2) is 0 Å². The van der Waals surface area contributed by atoms with Gasteiger partial charge >= 0.3 is 0 Å². The number of carbonyl (C=O) groups is 1. The van der Waals surface area contributed by atoms with E-state index in [-0.39, 0.29) is 16.8 Å². The highest BCUT2D eigenvalue weighted by molar-refractivity contribution is 9.10. The Balaban J connectivity index is 2.76. The van der Waals surface area contributed by atoms with Crippen molar-refractivity contribution in [1.29, 1.82) is 0 Å². The third-order valence-corrected chi connectivity index (χ3v) is 3.67. The third-order valence-electron chi connectivity index (χ3n) is 2.61. The van der Waals surface area contributed by atoms with Crippen molar-refractivity contribution in [2.24, 2.45) is 0 Å². The molecule has 0 fully saturated rings. The molecule has 3 nitrogen and oxygen atoms in total. The molecule has 2 atom stereocenters. The van der Waals surface area contributed by atoms with Gasteiger partial charge in [-0.3, -0.25) is 4.79 Å². The standard InChI is InChI=1S/C13H18BrNO2/c1-4-11(14)13(16)15-9(2)10-7-5-6-8-12(10)17-3/h5-9,11H,4H2,1-3H3,(H,15,16). The number of carbonyl (C=O) groups excluding carboxylic acids is 1. The van der Waals surface area contributed by atoms with Crippen molar-refractivity contribution < 1.29 is 9.53 Å². The lowest BCUT2D eigenvalue weighted by molar-refractivity contribution is -0.121. The number of hydrogen-bond donors (Lipinski definition) is 1. The van der Waals surface area contributed by atoms with Gasteiger partial charge in [0, 0.05) is 5.56 Å². The van der Waals surface area contributed by atoms with Crippen molar-refractivity contribution in [2.75, 3.05) is 7.11 Å². The highest BCUT2D eigenvalue weighted by Crippen LogP contribution is 2.24. The molecule has 0 aliphatic heterocycles. The molecule has 0 saturated carbocycles. The van der Waals surface area contributed by atoms with Crippen LogP contribution < -0.4 is 10.1 Å². The highest BCUT2D eigenvalue weighted by atomic mass is 79.9. The highest BCUT2D eigenvalue weighted by Gasteiger charge is 2.17. The first-order valence-corrected chi connectivity index (χ1v) is 6.59. The number of benzene rings is 1. The molecule has 0 saturated heterocycles. The van der Waals surface area contributed by atoms with Crippen molar-refractivity contribution in [3.63, 3.8) is 0 Å². The minimum absolute atomic E-state index is 0.00547. The van der Waals surface area contributed by atoms with Crippen LogP contribution >= 0.6 is 15.9 Å². The molecule has 1 aromatic carbocycles. The number of halogens is 1. The third kappa shape index (κ3) is 3.73. The summed E-state index contributed by atoms with van der Waals surface area (Å²) in [4.78, 5) is 11.6. The first kappa shape index (κ1) is 14.0. The number of nitrogens with one attached hydrogen (secondary N) is 1. The molecule has 1 aromatic rings. The Kier molecular flexibility index (Phi) is 5.48. The van der Waals surface area contributed by atoms with Gasteiger partial charge in [0.1, 0.15) is 5.75 Å². The van der Waals surface area contributed by atoms with Crippen LogP contribution in [0.3, 0.4) is 0 Å². The number of rotatable bonds is 5. The summed E-state index contributed by atoms with van der Waals surface area (Å²) in [5.41, 5.74) is 0.985. The summed E-state index contributed by atoms with van der Waals surface area (Å²) >= 11 is 3.34. The van der Waals surface area contributed by atoms with Gasteiger partial charge in [-0.1, -0.05) is 41.1 Å². The van der Waals surface area contributed by atoms with E-state index >= 15 is 0 Å². The molecule has 0 radical (unpaired) electrons.